The van der Waals surface area contributed by atoms with E-state index in [-0.39, 0.29) is 0 Å². The quantitative estimate of drug-likeness (QED) is 0.838. The topological polar surface area (TPSA) is 34.2 Å². The van der Waals surface area contributed by atoms with E-state index in [0.29, 0.717) is 6.04 Å². The molecule has 2 rings (SSSR count). The molecule has 0 aromatic carbocycles. The fraction of sp³-hybridized carbons (Fsp3) is 0.625. The van der Waals surface area contributed by atoms with E-state index in [4.69, 9.17) is 16.3 Å². The molecule has 72 valence electrons. The van der Waals surface area contributed by atoms with Gasteiger partial charge >= 0.3 is 0 Å². The predicted octanol–water partition coefficient (Wildman–Crippen LogP) is 1.68. The van der Waals surface area contributed by atoms with Crippen molar-refractivity contribution in [2.45, 2.75) is 19.0 Å². The number of hydrogen-bond acceptors (Lipinski definition) is 4. The molecular weight excluding hydrogens is 208 g/mol. The van der Waals surface area contributed by atoms with Gasteiger partial charge in [-0.1, -0.05) is 11.6 Å². The number of ether oxygens (including phenoxy) is 1. The summed E-state index contributed by atoms with van der Waals surface area (Å²) in [4.78, 5) is 4.16. The third-order valence-electron chi connectivity index (χ3n) is 2.00. The van der Waals surface area contributed by atoms with Crippen molar-refractivity contribution in [1.82, 2.24) is 10.3 Å². The zero-order valence-corrected chi connectivity index (χ0v) is 8.70. The Bertz CT molecular complexity index is 273. The van der Waals surface area contributed by atoms with Crippen LogP contribution in [0.15, 0.2) is 6.20 Å². The summed E-state index contributed by atoms with van der Waals surface area (Å²) in [5.74, 6) is 0. The van der Waals surface area contributed by atoms with E-state index in [0.717, 1.165) is 35.5 Å². The lowest BCUT2D eigenvalue weighted by Crippen LogP contribution is -2.28. The summed E-state index contributed by atoms with van der Waals surface area (Å²) in [6, 6.07) is 0.489. The molecule has 5 heteroatoms. The van der Waals surface area contributed by atoms with E-state index >= 15 is 0 Å². The van der Waals surface area contributed by atoms with Gasteiger partial charge in [-0.3, -0.25) is 0 Å². The first-order chi connectivity index (χ1) is 6.34. The van der Waals surface area contributed by atoms with Crippen molar-refractivity contribution in [2.24, 2.45) is 0 Å². The van der Waals surface area contributed by atoms with Gasteiger partial charge in [-0.15, -0.1) is 11.3 Å². The van der Waals surface area contributed by atoms with Gasteiger partial charge < -0.3 is 10.1 Å². The summed E-state index contributed by atoms with van der Waals surface area (Å²) < 4.78 is 5.99. The Morgan fingerprint density at radius 1 is 1.77 bits per heavy atom. The van der Waals surface area contributed by atoms with Crippen molar-refractivity contribution in [2.75, 3.05) is 13.2 Å². The molecule has 0 saturated carbocycles. The molecule has 1 aliphatic rings. The molecule has 1 N–H and O–H groups in total. The maximum absolute atomic E-state index is 5.76. The molecule has 13 heavy (non-hydrogen) atoms. The molecule has 1 saturated heterocycles. The average Bonchev–Trinajstić information content (AvgIpc) is 2.71. The van der Waals surface area contributed by atoms with Gasteiger partial charge in [0.15, 0.2) is 0 Å². The molecule has 1 atom stereocenters. The minimum atomic E-state index is 0.489. The lowest BCUT2D eigenvalue weighted by molar-refractivity contribution is 0.190. The van der Waals surface area contributed by atoms with Crippen molar-refractivity contribution in [1.29, 1.82) is 0 Å². The SMILES string of the molecule is Clc1cnc(CNC2CCOC2)s1. The summed E-state index contributed by atoms with van der Waals surface area (Å²) in [5, 5.41) is 4.41. The second-order valence-corrected chi connectivity index (χ2v) is 4.75. The van der Waals surface area contributed by atoms with Crippen LogP contribution in [0.1, 0.15) is 11.4 Å². The molecule has 0 bridgehead atoms. The van der Waals surface area contributed by atoms with Gasteiger partial charge in [-0.2, -0.15) is 0 Å². The van der Waals surface area contributed by atoms with Gasteiger partial charge in [0, 0.05) is 19.2 Å². The highest BCUT2D eigenvalue weighted by Gasteiger charge is 2.14. The van der Waals surface area contributed by atoms with Crippen LogP contribution in [-0.2, 0) is 11.3 Å². The Hall–Kier alpha value is -0.160. The third-order valence-corrected chi connectivity index (χ3v) is 3.11. The number of nitrogens with one attached hydrogen (secondary N) is 1. The van der Waals surface area contributed by atoms with Gasteiger partial charge in [0.1, 0.15) is 9.34 Å². The Balaban J connectivity index is 1.78. The Morgan fingerprint density at radius 3 is 3.31 bits per heavy atom. The lowest BCUT2D eigenvalue weighted by atomic mass is 10.3. The molecule has 1 aromatic rings. The van der Waals surface area contributed by atoms with Crippen molar-refractivity contribution in [3.8, 4) is 0 Å². The molecular formula is C8H11ClN2OS. The van der Waals surface area contributed by atoms with Crippen LogP contribution in [0.3, 0.4) is 0 Å². The second kappa shape index (κ2) is 4.37. The van der Waals surface area contributed by atoms with Crippen LogP contribution in [0.25, 0.3) is 0 Å². The monoisotopic (exact) mass is 218 g/mol. The lowest BCUT2D eigenvalue weighted by Gasteiger charge is -2.07. The molecule has 0 amide bonds. The normalized spacial score (nSPS) is 22.4. The zero-order valence-electron chi connectivity index (χ0n) is 7.12. The van der Waals surface area contributed by atoms with Crippen LogP contribution in [0.5, 0.6) is 0 Å². The van der Waals surface area contributed by atoms with E-state index in [1.54, 1.807) is 6.20 Å². The maximum Gasteiger partial charge on any atom is 0.113 e. The summed E-state index contributed by atoms with van der Waals surface area (Å²) in [5.41, 5.74) is 0. The van der Waals surface area contributed by atoms with Crippen LogP contribution in [0, 0.1) is 0 Å². The smallest absolute Gasteiger partial charge is 0.113 e. The third kappa shape index (κ3) is 2.64. The van der Waals surface area contributed by atoms with Gasteiger partial charge in [0.25, 0.3) is 0 Å². The van der Waals surface area contributed by atoms with E-state index in [2.05, 4.69) is 10.3 Å². The van der Waals surface area contributed by atoms with E-state index < -0.39 is 0 Å². The van der Waals surface area contributed by atoms with E-state index in [9.17, 15) is 0 Å². The van der Waals surface area contributed by atoms with Gasteiger partial charge in [-0.05, 0) is 6.42 Å². The molecule has 0 radical (unpaired) electrons. The molecule has 1 aromatic heterocycles. The van der Waals surface area contributed by atoms with Crippen LogP contribution in [0.2, 0.25) is 4.34 Å². The molecule has 1 unspecified atom stereocenters. The summed E-state index contributed by atoms with van der Waals surface area (Å²) >= 11 is 7.28. The van der Waals surface area contributed by atoms with E-state index in [1.807, 2.05) is 0 Å². The first kappa shape index (κ1) is 9.40. The first-order valence-corrected chi connectivity index (χ1v) is 5.45. The van der Waals surface area contributed by atoms with Crippen LogP contribution in [0.4, 0.5) is 0 Å². The number of rotatable bonds is 3. The van der Waals surface area contributed by atoms with Crippen molar-refractivity contribution in [3.05, 3.63) is 15.5 Å². The van der Waals surface area contributed by atoms with Crippen molar-refractivity contribution in [3.63, 3.8) is 0 Å². The Morgan fingerprint density at radius 2 is 2.69 bits per heavy atom. The number of nitrogens with zero attached hydrogens (tertiary/aromatic N) is 1. The summed E-state index contributed by atoms with van der Waals surface area (Å²) in [6.07, 6.45) is 2.79. The van der Waals surface area contributed by atoms with Gasteiger partial charge in [0.05, 0.1) is 12.8 Å². The Kier molecular flexibility index (Phi) is 3.16. The minimum absolute atomic E-state index is 0.489. The molecule has 0 aliphatic carbocycles. The molecule has 1 fully saturated rings. The number of hydrogen-bond donors (Lipinski definition) is 1. The average molecular weight is 219 g/mol. The van der Waals surface area contributed by atoms with Crippen LogP contribution < -0.4 is 5.32 Å². The molecule has 1 aliphatic heterocycles. The van der Waals surface area contributed by atoms with E-state index in [1.165, 1.54) is 11.3 Å². The number of halogens is 1. The van der Waals surface area contributed by atoms with Crippen molar-refractivity contribution < 1.29 is 4.74 Å². The van der Waals surface area contributed by atoms with Crippen molar-refractivity contribution >= 4 is 22.9 Å². The summed E-state index contributed by atoms with van der Waals surface area (Å²) in [7, 11) is 0. The highest BCUT2D eigenvalue weighted by Crippen LogP contribution is 2.18. The highest BCUT2D eigenvalue weighted by atomic mass is 35.5. The first-order valence-electron chi connectivity index (χ1n) is 4.26. The highest BCUT2D eigenvalue weighted by molar-refractivity contribution is 7.15. The van der Waals surface area contributed by atoms with Gasteiger partial charge in [0.2, 0.25) is 0 Å². The number of aromatic nitrogens is 1. The van der Waals surface area contributed by atoms with Crippen LogP contribution in [-0.4, -0.2) is 24.2 Å². The fourth-order valence-electron chi connectivity index (χ4n) is 1.30. The minimum Gasteiger partial charge on any atom is -0.380 e. The van der Waals surface area contributed by atoms with Crippen LogP contribution >= 0.6 is 22.9 Å². The maximum atomic E-state index is 5.76. The molecule has 0 spiro atoms. The molecule has 3 nitrogen and oxygen atoms in total. The largest absolute Gasteiger partial charge is 0.380 e. The number of thiazole rings is 1. The predicted molar refractivity (Wildman–Crippen MR) is 53.2 cm³/mol. The van der Waals surface area contributed by atoms with Gasteiger partial charge in [-0.25, -0.2) is 4.98 Å². The second-order valence-electron chi connectivity index (χ2n) is 3.00. The summed E-state index contributed by atoms with van der Waals surface area (Å²) in [6.45, 7) is 2.49. The standard InChI is InChI=1S/C8H11ClN2OS/c9-7-3-11-8(13-7)4-10-6-1-2-12-5-6/h3,6,10H,1-2,4-5H2. The fourth-order valence-corrected chi connectivity index (χ4v) is 2.20. The molecule has 2 heterocycles. The Labute approximate surface area is 86.1 Å². The zero-order chi connectivity index (χ0) is 9.10.